The standard InChI is InChI=1S/C32H27NO2/c1-18(2)17-19-9-7-12-24-28-30(35-29(19)24)23-13-8-11-22(27(23)32(28,3)4)25-16-15-21-20-10-5-6-14-26(20)34-31(21)33-25/h5-16,18H,17H2,1-4H3. The lowest BCUT2D eigenvalue weighted by molar-refractivity contribution is 0.601. The molecule has 3 aromatic carbocycles. The maximum absolute atomic E-state index is 6.67. The van der Waals surface area contributed by atoms with Crippen molar-refractivity contribution >= 4 is 33.0 Å². The summed E-state index contributed by atoms with van der Waals surface area (Å²) in [7, 11) is 0. The average molecular weight is 458 g/mol. The van der Waals surface area contributed by atoms with Crippen molar-refractivity contribution in [2.75, 3.05) is 0 Å². The van der Waals surface area contributed by atoms with Crippen LogP contribution in [0.15, 0.2) is 81.6 Å². The van der Waals surface area contributed by atoms with E-state index in [2.05, 4.69) is 82.3 Å². The largest absolute Gasteiger partial charge is 0.455 e. The number of nitrogens with zero attached hydrogens (tertiary/aromatic N) is 1. The third-order valence-electron chi connectivity index (χ3n) is 7.50. The Morgan fingerprint density at radius 3 is 2.37 bits per heavy atom. The number of hydrogen-bond acceptors (Lipinski definition) is 3. The number of hydrogen-bond donors (Lipinski definition) is 0. The van der Waals surface area contributed by atoms with Crippen LogP contribution >= 0.6 is 0 Å². The maximum Gasteiger partial charge on any atom is 0.227 e. The van der Waals surface area contributed by atoms with E-state index in [9.17, 15) is 0 Å². The van der Waals surface area contributed by atoms with Gasteiger partial charge in [0.15, 0.2) is 0 Å². The van der Waals surface area contributed by atoms with Crippen LogP contribution < -0.4 is 0 Å². The molecule has 0 bridgehead atoms. The van der Waals surface area contributed by atoms with Crippen molar-refractivity contribution < 1.29 is 8.83 Å². The molecule has 0 atom stereocenters. The normalized spacial score (nSPS) is 14.3. The summed E-state index contributed by atoms with van der Waals surface area (Å²) in [4.78, 5) is 4.98. The number of rotatable bonds is 3. The van der Waals surface area contributed by atoms with Crippen molar-refractivity contribution in [2.45, 2.75) is 39.5 Å². The zero-order valence-corrected chi connectivity index (χ0v) is 20.5. The SMILES string of the molecule is CC(C)Cc1cccc2c3c(oc12)-c1cccc(-c2ccc4c(n2)oc2ccccc24)c1C3(C)C. The van der Waals surface area contributed by atoms with Gasteiger partial charge in [0.05, 0.1) is 5.69 Å². The highest BCUT2D eigenvalue weighted by molar-refractivity contribution is 6.04. The van der Waals surface area contributed by atoms with Crippen LogP contribution in [0, 0.1) is 5.92 Å². The fourth-order valence-corrected chi connectivity index (χ4v) is 6.10. The summed E-state index contributed by atoms with van der Waals surface area (Å²) in [5.41, 5.74) is 9.44. The molecule has 3 heteroatoms. The Bertz CT molecular complexity index is 1780. The van der Waals surface area contributed by atoms with Crippen LogP contribution in [-0.2, 0) is 11.8 Å². The highest BCUT2D eigenvalue weighted by atomic mass is 16.3. The van der Waals surface area contributed by atoms with Gasteiger partial charge in [-0.2, -0.15) is 0 Å². The van der Waals surface area contributed by atoms with Crippen molar-refractivity contribution in [1.29, 1.82) is 0 Å². The first-order chi connectivity index (χ1) is 16.9. The van der Waals surface area contributed by atoms with E-state index in [-0.39, 0.29) is 5.41 Å². The highest BCUT2D eigenvalue weighted by Gasteiger charge is 2.42. The second-order valence-corrected chi connectivity index (χ2v) is 10.7. The average Bonchev–Trinajstić information content (AvgIpc) is 3.48. The second-order valence-electron chi connectivity index (χ2n) is 10.7. The molecule has 0 N–H and O–H groups in total. The fourth-order valence-electron chi connectivity index (χ4n) is 6.10. The summed E-state index contributed by atoms with van der Waals surface area (Å²) >= 11 is 0. The van der Waals surface area contributed by atoms with E-state index in [4.69, 9.17) is 13.8 Å². The molecule has 0 fully saturated rings. The minimum Gasteiger partial charge on any atom is -0.455 e. The predicted octanol–water partition coefficient (Wildman–Crippen LogP) is 8.90. The summed E-state index contributed by atoms with van der Waals surface area (Å²) < 4.78 is 12.8. The molecule has 0 spiro atoms. The third-order valence-corrected chi connectivity index (χ3v) is 7.50. The van der Waals surface area contributed by atoms with Crippen LogP contribution in [0.25, 0.3) is 55.6 Å². The lowest BCUT2D eigenvalue weighted by Gasteiger charge is -2.24. The third kappa shape index (κ3) is 2.81. The molecule has 3 aromatic heterocycles. The molecule has 0 unspecified atom stereocenters. The molecular formula is C32H27NO2. The summed E-state index contributed by atoms with van der Waals surface area (Å²) in [5.74, 6) is 1.58. The number of aromatic nitrogens is 1. The molecule has 1 aliphatic rings. The van der Waals surface area contributed by atoms with Gasteiger partial charge in [0.1, 0.15) is 16.9 Å². The monoisotopic (exact) mass is 457 g/mol. The molecule has 3 heterocycles. The second kappa shape index (κ2) is 7.08. The molecule has 0 radical (unpaired) electrons. The van der Waals surface area contributed by atoms with Crippen molar-refractivity contribution in [1.82, 2.24) is 4.98 Å². The Morgan fingerprint density at radius 2 is 1.51 bits per heavy atom. The van der Waals surface area contributed by atoms with Gasteiger partial charge in [0.2, 0.25) is 5.71 Å². The Labute approximate surface area is 204 Å². The Hall–Kier alpha value is -3.85. The molecule has 0 saturated heterocycles. The predicted molar refractivity (Wildman–Crippen MR) is 143 cm³/mol. The summed E-state index contributed by atoms with van der Waals surface area (Å²) in [6, 6.07) is 25.5. The Balaban J connectivity index is 1.45. The first kappa shape index (κ1) is 20.5. The quantitative estimate of drug-likeness (QED) is 0.266. The van der Waals surface area contributed by atoms with E-state index in [1.54, 1.807) is 0 Å². The van der Waals surface area contributed by atoms with E-state index in [0.29, 0.717) is 11.6 Å². The number of pyridine rings is 1. The zero-order valence-electron chi connectivity index (χ0n) is 20.5. The van der Waals surface area contributed by atoms with Gasteiger partial charge in [-0.25, -0.2) is 4.98 Å². The number of benzene rings is 3. The number of furan rings is 2. The van der Waals surface area contributed by atoms with Crippen LogP contribution in [0.4, 0.5) is 0 Å². The van der Waals surface area contributed by atoms with Crippen LogP contribution in [0.5, 0.6) is 0 Å². The molecule has 3 nitrogen and oxygen atoms in total. The molecule has 0 saturated carbocycles. The lowest BCUT2D eigenvalue weighted by atomic mass is 9.78. The van der Waals surface area contributed by atoms with Gasteiger partial charge < -0.3 is 8.83 Å². The Kier molecular flexibility index (Phi) is 4.15. The summed E-state index contributed by atoms with van der Waals surface area (Å²) in [6.07, 6.45) is 1.01. The fraction of sp³-hybridized carbons (Fsp3) is 0.219. The van der Waals surface area contributed by atoms with Crippen LogP contribution in [0.2, 0.25) is 0 Å². The van der Waals surface area contributed by atoms with Crippen molar-refractivity contribution in [2.24, 2.45) is 5.92 Å². The molecule has 7 rings (SSSR count). The minimum atomic E-state index is -0.215. The van der Waals surface area contributed by atoms with Crippen molar-refractivity contribution in [3.63, 3.8) is 0 Å². The van der Waals surface area contributed by atoms with Crippen LogP contribution in [-0.4, -0.2) is 4.98 Å². The van der Waals surface area contributed by atoms with Crippen LogP contribution in [0.1, 0.15) is 44.4 Å². The van der Waals surface area contributed by atoms with Gasteiger partial charge >= 0.3 is 0 Å². The maximum atomic E-state index is 6.67. The number of fused-ring (bicyclic) bond motifs is 8. The van der Waals surface area contributed by atoms with E-state index in [1.807, 2.05) is 18.2 Å². The minimum absolute atomic E-state index is 0.215. The van der Waals surface area contributed by atoms with Gasteiger partial charge in [0, 0.05) is 38.3 Å². The lowest BCUT2D eigenvalue weighted by Crippen LogP contribution is -2.16. The summed E-state index contributed by atoms with van der Waals surface area (Å²) in [5, 5.41) is 3.38. The van der Waals surface area contributed by atoms with E-state index >= 15 is 0 Å². The topological polar surface area (TPSA) is 39.2 Å². The van der Waals surface area contributed by atoms with Crippen LogP contribution in [0.3, 0.4) is 0 Å². The molecule has 172 valence electrons. The molecule has 6 aromatic rings. The molecular weight excluding hydrogens is 430 g/mol. The first-order valence-electron chi connectivity index (χ1n) is 12.4. The van der Waals surface area contributed by atoms with Gasteiger partial charge in [0.25, 0.3) is 0 Å². The molecule has 1 aliphatic carbocycles. The molecule has 0 aliphatic heterocycles. The van der Waals surface area contributed by atoms with Crippen molar-refractivity contribution in [3.8, 4) is 22.6 Å². The molecule has 35 heavy (non-hydrogen) atoms. The van der Waals surface area contributed by atoms with E-state index < -0.39 is 0 Å². The van der Waals surface area contributed by atoms with Crippen molar-refractivity contribution in [3.05, 3.63) is 89.5 Å². The van der Waals surface area contributed by atoms with Gasteiger partial charge in [-0.3, -0.25) is 0 Å². The highest BCUT2D eigenvalue weighted by Crippen LogP contribution is 2.55. The number of para-hydroxylation sites is 2. The van der Waals surface area contributed by atoms with Gasteiger partial charge in [-0.1, -0.05) is 82.3 Å². The Morgan fingerprint density at radius 1 is 0.743 bits per heavy atom. The zero-order chi connectivity index (χ0) is 23.9. The van der Waals surface area contributed by atoms with Gasteiger partial charge in [-0.15, -0.1) is 0 Å². The smallest absolute Gasteiger partial charge is 0.227 e. The van der Waals surface area contributed by atoms with Gasteiger partial charge in [-0.05, 0) is 41.7 Å². The molecule has 0 amide bonds. The van der Waals surface area contributed by atoms with E-state index in [1.165, 1.54) is 27.6 Å². The van der Waals surface area contributed by atoms with E-state index in [0.717, 1.165) is 45.4 Å². The summed E-state index contributed by atoms with van der Waals surface area (Å²) in [6.45, 7) is 9.13. The first-order valence-corrected chi connectivity index (χ1v) is 12.4.